The van der Waals surface area contributed by atoms with Gasteiger partial charge in [-0.05, 0) is 203 Å². The minimum atomic E-state index is -0.787. The molecule has 4 N–H and O–H groups in total. The molecule has 0 unspecified atom stereocenters. The van der Waals surface area contributed by atoms with Gasteiger partial charge in [0, 0.05) is 168 Å². The molecule has 4 saturated heterocycles. The van der Waals surface area contributed by atoms with Gasteiger partial charge in [0.15, 0.2) is 22.6 Å². The van der Waals surface area contributed by atoms with Crippen LogP contribution in [-0.4, -0.2) is 220 Å². The molecule has 107 heavy (non-hydrogen) atoms. The first-order valence-electron chi connectivity index (χ1n) is 38.3. The average molecular weight is 1440 g/mol. The molecule has 0 saturated carbocycles. The zero-order chi connectivity index (χ0) is 72.7. The Morgan fingerprint density at radius 3 is 1.61 bits per heavy atom. The Balaban J connectivity index is 0.000000105. The number of piperidine rings is 1. The number of fused-ring (bicyclic) bond motifs is 19. The number of hydrogen-bond acceptors (Lipinski definition) is 20. The highest BCUT2D eigenvalue weighted by Crippen LogP contribution is 2.37. The fourth-order valence-corrected chi connectivity index (χ4v) is 16.6. The van der Waals surface area contributed by atoms with E-state index in [2.05, 4.69) is 156 Å². The number of rotatable bonds is 0. The van der Waals surface area contributed by atoms with E-state index in [0.29, 0.717) is 44.1 Å². The summed E-state index contributed by atoms with van der Waals surface area (Å²) in [5.41, 5.74) is 20.6. The van der Waals surface area contributed by atoms with Crippen LogP contribution in [0.4, 0.5) is 33.2 Å². The lowest BCUT2D eigenvalue weighted by Gasteiger charge is -2.31. The molecule has 0 aliphatic carbocycles. The first-order chi connectivity index (χ1) is 52.3. The van der Waals surface area contributed by atoms with Gasteiger partial charge in [-0.15, -0.1) is 0 Å². The molecule has 4 aromatic carbocycles. The Hall–Kier alpha value is -10.5. The van der Waals surface area contributed by atoms with Gasteiger partial charge >= 0.3 is 0 Å². The van der Waals surface area contributed by atoms with E-state index in [-0.39, 0.29) is 12.1 Å². The van der Waals surface area contributed by atoms with Crippen LogP contribution in [0, 0.1) is 34.6 Å². The zero-order valence-corrected chi connectivity index (χ0v) is 62.1. The zero-order valence-electron chi connectivity index (χ0n) is 62.1. The summed E-state index contributed by atoms with van der Waals surface area (Å²) in [5.74, 6) is 5.12. The lowest BCUT2D eigenvalue weighted by Crippen LogP contribution is -2.40. The Morgan fingerprint density at radius 2 is 0.963 bits per heavy atom. The number of anilines is 5. The van der Waals surface area contributed by atoms with E-state index in [1.165, 1.54) is 65.7 Å². The van der Waals surface area contributed by atoms with E-state index < -0.39 is 6.17 Å². The highest BCUT2D eigenvalue weighted by Gasteiger charge is 2.33. The van der Waals surface area contributed by atoms with Crippen molar-refractivity contribution in [1.29, 1.82) is 0 Å². The van der Waals surface area contributed by atoms with E-state index in [0.717, 1.165) is 193 Å². The first-order valence-corrected chi connectivity index (χ1v) is 38.3. The number of nitrogens with one attached hydrogen (secondary N) is 4. The second kappa shape index (κ2) is 30.4. The number of halogens is 1. The Morgan fingerprint density at radius 1 is 0.430 bits per heavy atom. The lowest BCUT2D eigenvalue weighted by molar-refractivity contribution is 0.0991. The molecule has 21 rings (SSSR count). The Kier molecular flexibility index (Phi) is 19.8. The molecular formula is C82H96FN21O3. The highest BCUT2D eigenvalue weighted by molar-refractivity contribution is 5.85. The molecule has 9 aliphatic heterocycles. The van der Waals surface area contributed by atoms with Crippen molar-refractivity contribution in [3.05, 3.63) is 168 Å². The molecule has 9 aliphatic rings. The van der Waals surface area contributed by atoms with Crippen LogP contribution in [0.2, 0.25) is 0 Å². The topological polar surface area (TPSA) is 213 Å². The van der Waals surface area contributed by atoms with Crippen LogP contribution in [-0.2, 0) is 0 Å². The fourth-order valence-electron chi connectivity index (χ4n) is 16.6. The van der Waals surface area contributed by atoms with Crippen LogP contribution in [0.5, 0.6) is 17.4 Å². The maximum atomic E-state index is 14.0. The van der Waals surface area contributed by atoms with Gasteiger partial charge in [-0.25, -0.2) is 37.4 Å². The highest BCUT2D eigenvalue weighted by atomic mass is 19.1. The molecule has 554 valence electrons. The van der Waals surface area contributed by atoms with Crippen molar-refractivity contribution >= 4 is 51.4 Å². The van der Waals surface area contributed by atoms with Crippen LogP contribution < -0.4 is 40.4 Å². The van der Waals surface area contributed by atoms with Crippen molar-refractivity contribution < 1.29 is 18.6 Å². The van der Waals surface area contributed by atoms with Crippen LogP contribution >= 0.6 is 0 Å². The largest absolute Gasteiger partial charge is 0.492 e. The molecule has 4 atom stereocenters. The molecule has 12 aromatic rings. The average Bonchev–Trinajstić information content (AvgIpc) is 1.59. The summed E-state index contributed by atoms with van der Waals surface area (Å²) in [5, 5.41) is 32.1. The fraction of sp³-hybridized carbons (Fsp3) is 0.415. The molecule has 0 radical (unpaired) electrons. The summed E-state index contributed by atoms with van der Waals surface area (Å²) in [6.45, 7) is 25.3. The maximum absolute atomic E-state index is 14.0. The van der Waals surface area contributed by atoms with Crippen molar-refractivity contribution in [3.8, 4) is 61.9 Å². The van der Waals surface area contributed by atoms with E-state index in [1.54, 1.807) is 4.52 Å². The quantitative estimate of drug-likeness (QED) is 0.111. The van der Waals surface area contributed by atoms with Crippen molar-refractivity contribution in [3.63, 3.8) is 0 Å². The van der Waals surface area contributed by atoms with E-state index >= 15 is 0 Å². The van der Waals surface area contributed by atoms with Crippen LogP contribution in [0.15, 0.2) is 141 Å². The third kappa shape index (κ3) is 14.9. The monoisotopic (exact) mass is 1440 g/mol. The van der Waals surface area contributed by atoms with Crippen molar-refractivity contribution in [2.24, 2.45) is 0 Å². The Bertz CT molecular complexity index is 5180. The number of likely N-dealkylation sites (N-methyl/N-ethyl adjacent to an activating group) is 1. The molecule has 8 aromatic heterocycles. The molecule has 17 heterocycles. The molecule has 0 amide bonds. The van der Waals surface area contributed by atoms with Crippen LogP contribution in [0.25, 0.3) is 67.1 Å². The van der Waals surface area contributed by atoms with E-state index in [4.69, 9.17) is 34.1 Å². The van der Waals surface area contributed by atoms with Gasteiger partial charge in [-0.1, -0.05) is 24.3 Å². The normalized spacial score (nSPS) is 21.5. The van der Waals surface area contributed by atoms with Gasteiger partial charge in [-0.2, -0.15) is 25.4 Å². The van der Waals surface area contributed by atoms with Gasteiger partial charge in [0.1, 0.15) is 54.4 Å². The van der Waals surface area contributed by atoms with Crippen LogP contribution in [0.3, 0.4) is 0 Å². The minimum absolute atomic E-state index is 0.0941. The molecule has 24 nitrogen and oxygen atoms in total. The van der Waals surface area contributed by atoms with Crippen molar-refractivity contribution in [1.82, 2.24) is 78.0 Å². The number of alkyl halides is 1. The number of aromatic nitrogens is 12. The van der Waals surface area contributed by atoms with Gasteiger partial charge in [0.25, 0.3) is 0 Å². The summed E-state index contributed by atoms with van der Waals surface area (Å²) in [6.07, 6.45) is 22.5. The van der Waals surface area contributed by atoms with E-state index in [1.807, 2.05) is 106 Å². The lowest BCUT2D eigenvalue weighted by atomic mass is 9.99. The second-order valence-electron chi connectivity index (χ2n) is 30.0. The van der Waals surface area contributed by atoms with Gasteiger partial charge in [0.05, 0.1) is 24.8 Å². The number of benzene rings is 4. The summed E-state index contributed by atoms with van der Waals surface area (Å²) < 4.78 is 39.8. The third-order valence-corrected chi connectivity index (χ3v) is 22.8. The van der Waals surface area contributed by atoms with Crippen molar-refractivity contribution in [2.45, 2.75) is 110 Å². The van der Waals surface area contributed by atoms with Gasteiger partial charge < -0.3 is 45.3 Å². The summed E-state index contributed by atoms with van der Waals surface area (Å²) >= 11 is 0. The number of aryl methyl sites for hydroxylation is 5. The molecular weight excluding hydrogens is 1350 g/mol. The maximum Gasteiger partial charge on any atom is 0.217 e. The molecule has 18 bridgehead atoms. The third-order valence-electron chi connectivity index (χ3n) is 22.8. The first kappa shape index (κ1) is 69.6. The molecule has 25 heteroatoms. The van der Waals surface area contributed by atoms with Crippen molar-refractivity contribution in [2.75, 3.05) is 138 Å². The number of hydrogen-bond donors (Lipinski definition) is 4. The van der Waals surface area contributed by atoms with Gasteiger partial charge in [-0.3, -0.25) is 14.7 Å². The smallest absolute Gasteiger partial charge is 0.217 e. The second-order valence-corrected chi connectivity index (χ2v) is 30.0. The summed E-state index contributed by atoms with van der Waals surface area (Å²) in [7, 11) is 2.12. The van der Waals surface area contributed by atoms with Crippen LogP contribution in [0.1, 0.15) is 72.8 Å². The van der Waals surface area contributed by atoms with Gasteiger partial charge in [0.2, 0.25) is 5.88 Å². The predicted molar refractivity (Wildman–Crippen MR) is 420 cm³/mol. The SMILES string of the molecule is Cc1cc(C)c2cc1NC[C@@H]1CCCN1CCNc1ccn3ncc-2c3n1.Cc1ccc2cc1-c1cnn3ccc(nc13)N(C)CCN1CCC[C@H]1CO2.Cc1ccc2cc1-c1cnn3ccc(nc13)NCCN1C[C@H](F)C[C@H]1CO2.Cc1ccc2cc1-c1cnn3ccc(nc13)OC1CCN(CCN2)CC1. The molecule has 0 spiro atoms. The summed E-state index contributed by atoms with van der Waals surface area (Å²) in [4.78, 5) is 31.4. The minimum Gasteiger partial charge on any atom is -0.492 e. The summed E-state index contributed by atoms with van der Waals surface area (Å²) in [6, 6.07) is 32.5. The Labute approximate surface area is 623 Å². The number of nitrogens with zero attached hydrogens (tertiary/aromatic N) is 17. The predicted octanol–water partition coefficient (Wildman–Crippen LogP) is 12.2. The molecule has 4 fully saturated rings. The number of ether oxygens (including phenoxy) is 3. The van der Waals surface area contributed by atoms with E-state index in [9.17, 15) is 4.39 Å². The standard InChI is InChI=1S/C21H26N6.C21H25N5O.C20H22FN5O.C20H23N5O/c1-14-10-15(2)19-11-17(14)18-13-24-27-8-5-20(25-21(18)27)22-6-9-26-7-3-4-16(26)12-23-19;1-15-5-6-17-12-18(15)19-13-22-26-9-7-20(23-21(19)26)24(2)10-11-25-8-3-4-16(25)14-27-17;1-13-2-3-16-9-17(13)18-10-23-26-6-4-19(24-20(18)26)22-5-7-25-11-14(21)8-15(25)12-27-16;1-14-2-3-15-12-17(14)18-13-22-25-10-6-19(23-20(18)25)26-16-4-8-24(9-5-16)11-7-21-15/h5,8,10-11,13,16,23H,3-4,6-7,9,12H2,1-2H3,(H,22,25);5-7,9,12-13,16H,3-4,8,10-11,14H2,1-2H3;2-4,6,9-10,14-15H,5,7-8,11-12H2,1H3,(H,22,24);2-3,6,10,12-13,16,21H,4-5,7-9,11H2,1H3/t2*16-;14-,15+;/m001./s1.